The number of nitrogens with one attached hydrogen (secondary N) is 1. The largest absolute Gasteiger partial charge is 0.493 e. The van der Waals surface area contributed by atoms with Crippen LogP contribution in [0.1, 0.15) is 16.7 Å². The summed E-state index contributed by atoms with van der Waals surface area (Å²) >= 11 is 2.78. The van der Waals surface area contributed by atoms with Crippen molar-refractivity contribution in [1.82, 2.24) is 15.6 Å². The minimum absolute atomic E-state index is 0.190. The van der Waals surface area contributed by atoms with Gasteiger partial charge in [0, 0.05) is 5.56 Å². The van der Waals surface area contributed by atoms with Crippen LogP contribution in [0.15, 0.2) is 82.2 Å². The van der Waals surface area contributed by atoms with E-state index in [1.54, 1.807) is 13.3 Å². The third-order valence-corrected chi connectivity index (χ3v) is 6.93. The second-order valence-electron chi connectivity index (χ2n) is 7.51. The third-order valence-electron chi connectivity index (χ3n) is 4.82. The van der Waals surface area contributed by atoms with Crippen LogP contribution in [-0.2, 0) is 11.4 Å². The maximum atomic E-state index is 12.2. The standard InChI is InChI=1S/C26H24N4O3S2/c1-18-7-6-8-20(13-18)16-33-22-12-11-19(14-23(22)32-2)15-27-28-24(31)17-34-26-30-29-25(35-26)21-9-4-3-5-10-21/h3-15H,16-17H2,1-2H3,(H,28,31). The van der Waals surface area contributed by atoms with Gasteiger partial charge in [0.1, 0.15) is 11.6 Å². The van der Waals surface area contributed by atoms with Crippen molar-refractivity contribution in [3.63, 3.8) is 0 Å². The van der Waals surface area contributed by atoms with Crippen LogP contribution < -0.4 is 14.9 Å². The second kappa shape index (κ2) is 12.1. The van der Waals surface area contributed by atoms with Crippen molar-refractivity contribution >= 4 is 35.2 Å². The lowest BCUT2D eigenvalue weighted by Crippen LogP contribution is -2.19. The minimum Gasteiger partial charge on any atom is -0.493 e. The molecule has 4 aromatic rings. The zero-order valence-corrected chi connectivity index (χ0v) is 20.9. The highest BCUT2D eigenvalue weighted by atomic mass is 32.2. The first-order valence-corrected chi connectivity index (χ1v) is 12.6. The number of methoxy groups -OCH3 is 1. The number of nitrogens with zero attached hydrogens (tertiary/aromatic N) is 3. The Morgan fingerprint density at radius 3 is 2.71 bits per heavy atom. The molecule has 4 rings (SSSR count). The van der Waals surface area contributed by atoms with E-state index in [2.05, 4.69) is 26.8 Å². The van der Waals surface area contributed by atoms with Crippen LogP contribution in [0.5, 0.6) is 11.5 Å². The summed E-state index contributed by atoms with van der Waals surface area (Å²) in [4.78, 5) is 12.2. The van der Waals surface area contributed by atoms with E-state index in [9.17, 15) is 4.79 Å². The van der Waals surface area contributed by atoms with Gasteiger partial charge in [0.2, 0.25) is 0 Å². The number of aromatic nitrogens is 2. The van der Waals surface area contributed by atoms with Crippen molar-refractivity contribution in [2.75, 3.05) is 12.9 Å². The van der Waals surface area contributed by atoms with E-state index in [1.165, 1.54) is 28.7 Å². The smallest absolute Gasteiger partial charge is 0.250 e. The Morgan fingerprint density at radius 1 is 1.06 bits per heavy atom. The fourth-order valence-corrected chi connectivity index (χ4v) is 4.80. The van der Waals surface area contributed by atoms with Crippen molar-refractivity contribution in [2.24, 2.45) is 5.10 Å². The molecule has 1 amide bonds. The fraction of sp³-hybridized carbons (Fsp3) is 0.154. The summed E-state index contributed by atoms with van der Waals surface area (Å²) in [5.41, 5.74) is 6.59. The van der Waals surface area contributed by atoms with E-state index in [0.717, 1.165) is 26.0 Å². The van der Waals surface area contributed by atoms with Gasteiger partial charge in [-0.15, -0.1) is 10.2 Å². The molecule has 0 fully saturated rings. The molecular weight excluding hydrogens is 480 g/mol. The predicted octanol–water partition coefficient (Wildman–Crippen LogP) is 5.34. The number of carbonyl (C=O) groups excluding carboxylic acids is 1. The number of ether oxygens (including phenoxy) is 2. The lowest BCUT2D eigenvalue weighted by Gasteiger charge is -2.11. The number of thioether (sulfide) groups is 1. The molecule has 0 spiro atoms. The zero-order chi connectivity index (χ0) is 24.5. The first-order chi connectivity index (χ1) is 17.1. The highest BCUT2D eigenvalue weighted by Gasteiger charge is 2.09. The number of hydrogen-bond donors (Lipinski definition) is 1. The molecule has 0 bridgehead atoms. The first-order valence-electron chi connectivity index (χ1n) is 10.8. The van der Waals surface area contributed by atoms with Crippen LogP contribution in [0.2, 0.25) is 0 Å². The molecule has 0 aliphatic rings. The molecule has 3 aromatic carbocycles. The van der Waals surface area contributed by atoms with Gasteiger partial charge in [-0.05, 0) is 36.2 Å². The van der Waals surface area contributed by atoms with E-state index >= 15 is 0 Å². The Labute approximate surface area is 212 Å². The Bertz CT molecular complexity index is 1310. The van der Waals surface area contributed by atoms with E-state index in [0.29, 0.717) is 18.1 Å². The van der Waals surface area contributed by atoms with Gasteiger partial charge in [-0.1, -0.05) is 83.3 Å². The van der Waals surface area contributed by atoms with Gasteiger partial charge in [0.15, 0.2) is 15.8 Å². The molecular formula is C26H24N4O3S2. The summed E-state index contributed by atoms with van der Waals surface area (Å²) in [7, 11) is 1.59. The molecule has 9 heteroatoms. The van der Waals surface area contributed by atoms with Crippen LogP contribution >= 0.6 is 23.1 Å². The number of hydrogen-bond acceptors (Lipinski definition) is 8. The highest BCUT2D eigenvalue weighted by Crippen LogP contribution is 2.29. The quantitative estimate of drug-likeness (QED) is 0.178. The van der Waals surface area contributed by atoms with Gasteiger partial charge in [0.05, 0.1) is 19.1 Å². The van der Waals surface area contributed by atoms with Crippen molar-refractivity contribution < 1.29 is 14.3 Å². The van der Waals surface area contributed by atoms with Gasteiger partial charge < -0.3 is 9.47 Å². The molecule has 0 saturated heterocycles. The van der Waals surface area contributed by atoms with Crippen LogP contribution in [0.4, 0.5) is 0 Å². The first kappa shape index (κ1) is 24.4. The molecule has 1 heterocycles. The molecule has 1 aromatic heterocycles. The number of benzene rings is 3. The summed E-state index contributed by atoms with van der Waals surface area (Å²) in [6, 6.07) is 23.5. The summed E-state index contributed by atoms with van der Waals surface area (Å²) in [6.07, 6.45) is 1.56. The number of amides is 1. The van der Waals surface area contributed by atoms with Crippen molar-refractivity contribution in [1.29, 1.82) is 0 Å². The average molecular weight is 505 g/mol. The average Bonchev–Trinajstić information content (AvgIpc) is 3.36. The van der Waals surface area contributed by atoms with Crippen LogP contribution in [0.3, 0.4) is 0 Å². The maximum Gasteiger partial charge on any atom is 0.250 e. The van der Waals surface area contributed by atoms with Gasteiger partial charge in [-0.3, -0.25) is 4.79 Å². The maximum absolute atomic E-state index is 12.2. The van der Waals surface area contributed by atoms with E-state index in [-0.39, 0.29) is 11.7 Å². The lowest BCUT2D eigenvalue weighted by molar-refractivity contribution is -0.118. The van der Waals surface area contributed by atoms with Crippen molar-refractivity contribution in [2.45, 2.75) is 17.9 Å². The van der Waals surface area contributed by atoms with Gasteiger partial charge >= 0.3 is 0 Å². The molecule has 35 heavy (non-hydrogen) atoms. The molecule has 7 nitrogen and oxygen atoms in total. The molecule has 0 radical (unpaired) electrons. The molecule has 0 atom stereocenters. The lowest BCUT2D eigenvalue weighted by atomic mass is 10.1. The highest BCUT2D eigenvalue weighted by molar-refractivity contribution is 8.01. The van der Waals surface area contributed by atoms with E-state index in [1.807, 2.05) is 73.7 Å². The normalized spacial score (nSPS) is 10.9. The fourth-order valence-electron chi connectivity index (χ4n) is 3.15. The second-order valence-corrected chi connectivity index (χ2v) is 9.71. The summed E-state index contributed by atoms with van der Waals surface area (Å²) < 4.78 is 12.1. The Balaban J connectivity index is 1.27. The molecule has 178 valence electrons. The van der Waals surface area contributed by atoms with Gasteiger partial charge in [-0.25, -0.2) is 5.43 Å². The monoisotopic (exact) mass is 504 g/mol. The van der Waals surface area contributed by atoms with E-state index in [4.69, 9.17) is 9.47 Å². The number of carbonyl (C=O) groups is 1. The summed E-state index contributed by atoms with van der Waals surface area (Å²) in [6.45, 7) is 2.49. The Kier molecular flexibility index (Phi) is 8.48. The van der Waals surface area contributed by atoms with E-state index < -0.39 is 0 Å². The minimum atomic E-state index is -0.229. The molecule has 0 saturated carbocycles. The number of rotatable bonds is 10. The summed E-state index contributed by atoms with van der Waals surface area (Å²) in [5.74, 6) is 1.19. The molecule has 1 N–H and O–H groups in total. The van der Waals surface area contributed by atoms with Gasteiger partial charge in [-0.2, -0.15) is 5.10 Å². The number of hydrazone groups is 1. The van der Waals surface area contributed by atoms with Crippen LogP contribution in [-0.4, -0.2) is 35.2 Å². The topological polar surface area (TPSA) is 85.7 Å². The summed E-state index contributed by atoms with van der Waals surface area (Å²) in [5, 5.41) is 13.2. The van der Waals surface area contributed by atoms with Crippen LogP contribution in [0.25, 0.3) is 10.6 Å². The Morgan fingerprint density at radius 2 is 1.91 bits per heavy atom. The third kappa shape index (κ3) is 7.14. The predicted molar refractivity (Wildman–Crippen MR) is 140 cm³/mol. The Hall–Kier alpha value is -3.69. The SMILES string of the molecule is COc1cc(C=NNC(=O)CSc2nnc(-c3ccccc3)s2)ccc1OCc1cccc(C)c1. The molecule has 0 unspecified atom stereocenters. The zero-order valence-electron chi connectivity index (χ0n) is 19.3. The van der Waals surface area contributed by atoms with Crippen molar-refractivity contribution in [3.05, 3.63) is 89.5 Å². The molecule has 0 aliphatic carbocycles. The van der Waals surface area contributed by atoms with Crippen molar-refractivity contribution in [3.8, 4) is 22.1 Å². The van der Waals surface area contributed by atoms with Crippen LogP contribution in [0, 0.1) is 6.92 Å². The van der Waals surface area contributed by atoms with Gasteiger partial charge in [0.25, 0.3) is 5.91 Å². The number of aryl methyl sites for hydroxylation is 1. The molecule has 0 aliphatic heterocycles.